The lowest BCUT2D eigenvalue weighted by Gasteiger charge is -2.29. The zero-order valence-corrected chi connectivity index (χ0v) is 25.6. The Morgan fingerprint density at radius 2 is 2.00 bits per heavy atom. The van der Waals surface area contributed by atoms with Crippen molar-refractivity contribution in [3.05, 3.63) is 22.0 Å². The molecule has 9 nitrogen and oxygen atoms in total. The molecule has 1 aromatic carbocycles. The average molecular weight is 657 g/mol. The number of anilines is 1. The predicted octanol–water partition coefficient (Wildman–Crippen LogP) is 5.44. The van der Waals surface area contributed by atoms with Gasteiger partial charge in [-0.15, -0.1) is 0 Å². The first-order chi connectivity index (χ1) is 17.6. The van der Waals surface area contributed by atoms with Crippen LogP contribution < -0.4 is 15.2 Å². The Kier molecular flexibility index (Phi) is 9.00. The summed E-state index contributed by atoms with van der Waals surface area (Å²) in [7, 11) is 0. The van der Waals surface area contributed by atoms with Crippen molar-refractivity contribution in [1.82, 2.24) is 24.4 Å². The molecule has 0 saturated carbocycles. The maximum atomic E-state index is 13.1. The SMILES string of the molecule is CSC(C)(C)CCC(=O)N(CCCn1c(Sc2cc3c(cc2I)OCO3)nc2c(N)ncnc21)C(C)C. The van der Waals surface area contributed by atoms with E-state index in [9.17, 15) is 4.79 Å². The molecule has 2 N–H and O–H groups in total. The van der Waals surface area contributed by atoms with Crippen molar-refractivity contribution in [2.24, 2.45) is 0 Å². The molecule has 37 heavy (non-hydrogen) atoms. The first-order valence-electron chi connectivity index (χ1n) is 12.2. The van der Waals surface area contributed by atoms with Gasteiger partial charge in [-0.3, -0.25) is 4.79 Å². The van der Waals surface area contributed by atoms with Gasteiger partial charge in [-0.1, -0.05) is 25.6 Å². The van der Waals surface area contributed by atoms with Gasteiger partial charge in [0.05, 0.1) is 0 Å². The lowest BCUT2D eigenvalue weighted by atomic mass is 10.1. The van der Waals surface area contributed by atoms with E-state index in [-0.39, 0.29) is 23.5 Å². The lowest BCUT2D eigenvalue weighted by Crippen LogP contribution is -2.38. The van der Waals surface area contributed by atoms with E-state index in [1.165, 1.54) is 18.1 Å². The molecule has 1 amide bonds. The number of benzene rings is 1. The van der Waals surface area contributed by atoms with Gasteiger partial charge < -0.3 is 24.7 Å². The first-order valence-corrected chi connectivity index (χ1v) is 15.3. The van der Waals surface area contributed by atoms with Gasteiger partial charge in [-0.05, 0) is 67.7 Å². The third-order valence-electron chi connectivity index (χ3n) is 6.37. The summed E-state index contributed by atoms with van der Waals surface area (Å²) >= 11 is 5.62. The summed E-state index contributed by atoms with van der Waals surface area (Å²) in [5, 5.41) is 0.767. The minimum Gasteiger partial charge on any atom is -0.454 e. The zero-order valence-electron chi connectivity index (χ0n) is 21.8. The number of carbonyl (C=O) groups is 1. The Hall–Kier alpha value is -1.93. The third kappa shape index (κ3) is 6.56. The van der Waals surface area contributed by atoms with E-state index in [2.05, 4.69) is 71.1 Å². The normalized spacial score (nSPS) is 13.1. The number of imidazole rings is 1. The highest BCUT2D eigenvalue weighted by Gasteiger charge is 2.24. The molecule has 2 aromatic heterocycles. The fourth-order valence-electron chi connectivity index (χ4n) is 4.01. The maximum Gasteiger partial charge on any atom is 0.231 e. The van der Waals surface area contributed by atoms with Crippen molar-refractivity contribution in [3.8, 4) is 11.5 Å². The molecular formula is C25H33IN6O3S2. The van der Waals surface area contributed by atoms with Gasteiger partial charge in [0.1, 0.15) is 6.33 Å². The van der Waals surface area contributed by atoms with Gasteiger partial charge in [-0.25, -0.2) is 15.0 Å². The van der Waals surface area contributed by atoms with Crippen LogP contribution in [0.25, 0.3) is 11.2 Å². The summed E-state index contributed by atoms with van der Waals surface area (Å²) in [6.07, 6.45) is 5.72. The summed E-state index contributed by atoms with van der Waals surface area (Å²) < 4.78 is 14.3. The van der Waals surface area contributed by atoms with Crippen molar-refractivity contribution in [2.75, 3.05) is 25.3 Å². The molecule has 0 aliphatic carbocycles. The van der Waals surface area contributed by atoms with Crippen LogP contribution in [-0.2, 0) is 11.3 Å². The second-order valence-corrected chi connectivity index (χ2v) is 13.4. The van der Waals surface area contributed by atoms with Crippen LogP contribution in [0.5, 0.6) is 11.5 Å². The lowest BCUT2D eigenvalue weighted by molar-refractivity contribution is -0.133. The van der Waals surface area contributed by atoms with Gasteiger partial charge in [0.15, 0.2) is 33.6 Å². The number of thioether (sulfide) groups is 1. The van der Waals surface area contributed by atoms with E-state index < -0.39 is 0 Å². The van der Waals surface area contributed by atoms with Crippen LogP contribution in [0.15, 0.2) is 28.5 Å². The van der Waals surface area contributed by atoms with Crippen LogP contribution in [0.2, 0.25) is 0 Å². The van der Waals surface area contributed by atoms with Crippen LogP contribution >= 0.6 is 46.1 Å². The number of aromatic nitrogens is 4. The molecule has 3 heterocycles. The number of nitrogens with two attached hydrogens (primary N) is 1. The molecule has 0 fully saturated rings. The number of fused-ring (bicyclic) bond motifs is 2. The zero-order chi connectivity index (χ0) is 26.7. The minimum atomic E-state index is 0.0893. The molecule has 0 unspecified atom stereocenters. The maximum absolute atomic E-state index is 13.1. The smallest absolute Gasteiger partial charge is 0.231 e. The molecule has 0 radical (unpaired) electrons. The number of nitrogens with zero attached hydrogens (tertiary/aromatic N) is 5. The molecule has 3 aromatic rings. The molecule has 4 rings (SSSR count). The molecule has 200 valence electrons. The van der Waals surface area contributed by atoms with Gasteiger partial charge >= 0.3 is 0 Å². The standard InChI is InChI=1S/C25H33IN6O3S2/c1-15(2)31(20(33)7-8-25(3,4)36-5)9-6-10-32-23-21(22(27)28-13-29-23)30-24(32)37-19-12-18-17(11-16(19)26)34-14-35-18/h11-13,15H,6-10,14H2,1-5H3,(H2,27,28,29). The van der Waals surface area contributed by atoms with Gasteiger partial charge in [-0.2, -0.15) is 11.8 Å². The number of halogens is 1. The summed E-state index contributed by atoms with van der Waals surface area (Å²) in [5.74, 6) is 2.02. The van der Waals surface area contributed by atoms with Crippen LogP contribution in [0, 0.1) is 3.57 Å². The summed E-state index contributed by atoms with van der Waals surface area (Å²) in [5.41, 5.74) is 7.41. The second-order valence-electron chi connectivity index (χ2n) is 9.71. The number of nitrogen functional groups attached to an aromatic ring is 1. The van der Waals surface area contributed by atoms with E-state index in [0.717, 1.165) is 38.0 Å². The summed E-state index contributed by atoms with van der Waals surface area (Å²) in [6, 6.07) is 4.08. The molecule has 12 heteroatoms. The van der Waals surface area contributed by atoms with E-state index in [1.807, 2.05) is 17.0 Å². The van der Waals surface area contributed by atoms with E-state index in [1.54, 1.807) is 11.8 Å². The highest BCUT2D eigenvalue weighted by Crippen LogP contribution is 2.41. The van der Waals surface area contributed by atoms with Crippen molar-refractivity contribution in [1.29, 1.82) is 0 Å². The molecule has 0 bridgehead atoms. The Labute approximate surface area is 239 Å². The van der Waals surface area contributed by atoms with Crippen molar-refractivity contribution in [2.45, 2.75) is 74.3 Å². The highest BCUT2D eigenvalue weighted by molar-refractivity contribution is 14.1. The topological polar surface area (TPSA) is 108 Å². The quantitative estimate of drug-likeness (QED) is 0.270. The van der Waals surface area contributed by atoms with E-state index >= 15 is 0 Å². The number of ether oxygens (including phenoxy) is 2. The number of rotatable bonds is 11. The molecule has 0 spiro atoms. The fraction of sp³-hybridized carbons (Fsp3) is 0.520. The number of carbonyl (C=O) groups excluding carboxylic acids is 1. The van der Waals surface area contributed by atoms with Crippen molar-refractivity contribution >= 4 is 69.0 Å². The van der Waals surface area contributed by atoms with Crippen LogP contribution in [0.1, 0.15) is 47.0 Å². The van der Waals surface area contributed by atoms with Crippen molar-refractivity contribution < 1.29 is 14.3 Å². The van der Waals surface area contributed by atoms with Crippen molar-refractivity contribution in [3.63, 3.8) is 0 Å². The molecular weight excluding hydrogens is 623 g/mol. The molecule has 0 atom stereocenters. The van der Waals surface area contributed by atoms with Crippen LogP contribution in [-0.4, -0.2) is 60.7 Å². The Morgan fingerprint density at radius 1 is 1.27 bits per heavy atom. The monoisotopic (exact) mass is 656 g/mol. The molecule has 0 saturated heterocycles. The van der Waals surface area contributed by atoms with Gasteiger partial charge in [0.25, 0.3) is 0 Å². The highest BCUT2D eigenvalue weighted by atomic mass is 127. The summed E-state index contributed by atoms with van der Waals surface area (Å²) in [6.45, 7) is 10.0. The number of aryl methyl sites for hydroxylation is 1. The first kappa shape index (κ1) is 28.1. The molecule has 1 aliphatic heterocycles. The van der Waals surface area contributed by atoms with E-state index in [4.69, 9.17) is 20.2 Å². The largest absolute Gasteiger partial charge is 0.454 e. The number of hydrogen-bond donors (Lipinski definition) is 1. The predicted molar refractivity (Wildman–Crippen MR) is 157 cm³/mol. The Bertz CT molecular complexity index is 1280. The van der Waals surface area contributed by atoms with Crippen LogP contribution in [0.3, 0.4) is 0 Å². The average Bonchev–Trinajstić information content (AvgIpc) is 3.45. The number of amides is 1. The van der Waals surface area contributed by atoms with Crippen LogP contribution in [0.4, 0.5) is 5.82 Å². The number of hydrogen-bond acceptors (Lipinski definition) is 9. The molecule has 1 aliphatic rings. The fourth-order valence-corrected chi connectivity index (χ4v) is 6.03. The third-order valence-corrected chi connectivity index (χ3v) is 9.99. The van der Waals surface area contributed by atoms with Gasteiger partial charge in [0.2, 0.25) is 12.7 Å². The van der Waals surface area contributed by atoms with E-state index in [0.29, 0.717) is 36.5 Å². The van der Waals surface area contributed by atoms with Gasteiger partial charge in [0, 0.05) is 38.8 Å². The second kappa shape index (κ2) is 11.9. The Morgan fingerprint density at radius 3 is 2.70 bits per heavy atom. The summed E-state index contributed by atoms with van der Waals surface area (Å²) in [4.78, 5) is 29.5. The minimum absolute atomic E-state index is 0.0893. The Balaban J connectivity index is 1.53.